The Morgan fingerprint density at radius 1 is 1.08 bits per heavy atom. The highest BCUT2D eigenvalue weighted by Gasteiger charge is 2.61. The van der Waals surface area contributed by atoms with Crippen LogP contribution in [0.3, 0.4) is 0 Å². The van der Waals surface area contributed by atoms with Gasteiger partial charge in [-0.15, -0.1) is 0 Å². The zero-order chi connectivity index (χ0) is 17.1. The van der Waals surface area contributed by atoms with E-state index in [4.69, 9.17) is 0 Å². The second-order valence-corrected chi connectivity index (χ2v) is 9.26. The molecule has 4 aliphatic carbocycles. The van der Waals surface area contributed by atoms with Crippen molar-refractivity contribution in [2.45, 2.75) is 65.2 Å². The average Bonchev–Trinajstić information content (AvgIpc) is 2.85. The number of carbonyl (C=O) groups is 2. The van der Waals surface area contributed by atoms with Crippen molar-refractivity contribution in [1.29, 1.82) is 0 Å². The molecule has 4 aliphatic rings. The molecule has 6 atom stereocenters. The third-order valence-corrected chi connectivity index (χ3v) is 8.44. The van der Waals surface area contributed by atoms with Gasteiger partial charge in [0, 0.05) is 24.7 Å². The number of Topliss-reactive ketones (excluding diaryl/α,β-unsaturated/α-hetero) is 2. The van der Waals surface area contributed by atoms with Crippen LogP contribution in [0.5, 0.6) is 0 Å². The van der Waals surface area contributed by atoms with Gasteiger partial charge in [0.05, 0.1) is 6.61 Å². The van der Waals surface area contributed by atoms with Crippen molar-refractivity contribution < 1.29 is 14.7 Å². The predicted molar refractivity (Wildman–Crippen MR) is 92.3 cm³/mol. The molecule has 24 heavy (non-hydrogen) atoms. The van der Waals surface area contributed by atoms with Crippen molar-refractivity contribution in [1.82, 2.24) is 0 Å². The van der Waals surface area contributed by atoms with Gasteiger partial charge in [0.25, 0.3) is 0 Å². The molecule has 0 aliphatic heterocycles. The van der Waals surface area contributed by atoms with E-state index in [0.717, 1.165) is 38.5 Å². The molecule has 0 aromatic carbocycles. The lowest BCUT2D eigenvalue weighted by Gasteiger charge is -2.60. The first kappa shape index (κ1) is 16.5. The highest BCUT2D eigenvalue weighted by molar-refractivity contribution is 5.87. The summed E-state index contributed by atoms with van der Waals surface area (Å²) < 4.78 is 0. The minimum absolute atomic E-state index is 0.0638. The Morgan fingerprint density at radius 2 is 1.88 bits per heavy atom. The fourth-order valence-corrected chi connectivity index (χ4v) is 7.06. The maximum absolute atomic E-state index is 12.5. The number of rotatable bonds is 1. The van der Waals surface area contributed by atoms with E-state index in [1.807, 2.05) is 6.08 Å². The molecule has 0 radical (unpaired) electrons. The fourth-order valence-electron chi connectivity index (χ4n) is 7.06. The molecule has 0 heterocycles. The molecular weight excluding hydrogens is 300 g/mol. The average molecular weight is 330 g/mol. The summed E-state index contributed by atoms with van der Waals surface area (Å²) in [4.78, 5) is 24.6. The normalized spacial score (nSPS) is 49.7. The van der Waals surface area contributed by atoms with Gasteiger partial charge in [0.15, 0.2) is 0 Å². The van der Waals surface area contributed by atoms with Crippen LogP contribution in [0.25, 0.3) is 0 Å². The smallest absolute Gasteiger partial charge is 0.139 e. The summed E-state index contributed by atoms with van der Waals surface area (Å²) in [6.45, 7) is 4.66. The standard InChI is InChI=1S/C21H30O3/c1-20-8-5-14(23)12-18(20)13(7-10-22)11-15-16-3-4-19(24)21(16,2)9-6-17(15)20/h7,15-18,22H,3-6,8-12H2,1-2H3/t15-,16-,17-,18+,20+,21-/m0/s1. The second kappa shape index (κ2) is 5.52. The van der Waals surface area contributed by atoms with Crippen LogP contribution in [-0.4, -0.2) is 23.3 Å². The van der Waals surface area contributed by atoms with Crippen molar-refractivity contribution in [3.8, 4) is 0 Å². The Morgan fingerprint density at radius 3 is 2.62 bits per heavy atom. The minimum Gasteiger partial charge on any atom is -0.392 e. The zero-order valence-electron chi connectivity index (χ0n) is 15.0. The number of hydrogen-bond acceptors (Lipinski definition) is 3. The number of fused-ring (bicyclic) bond motifs is 5. The highest BCUT2D eigenvalue weighted by atomic mass is 16.2. The quantitative estimate of drug-likeness (QED) is 0.746. The third-order valence-electron chi connectivity index (χ3n) is 8.44. The number of ketones is 2. The lowest BCUT2D eigenvalue weighted by molar-refractivity contribution is -0.138. The van der Waals surface area contributed by atoms with Crippen LogP contribution in [0.4, 0.5) is 0 Å². The topological polar surface area (TPSA) is 54.4 Å². The monoisotopic (exact) mass is 330 g/mol. The van der Waals surface area contributed by atoms with E-state index in [-0.39, 0.29) is 17.4 Å². The van der Waals surface area contributed by atoms with Crippen molar-refractivity contribution >= 4 is 11.6 Å². The van der Waals surface area contributed by atoms with Gasteiger partial charge in [-0.3, -0.25) is 9.59 Å². The van der Waals surface area contributed by atoms with E-state index in [1.54, 1.807) is 0 Å². The first-order valence-corrected chi connectivity index (χ1v) is 9.75. The van der Waals surface area contributed by atoms with Crippen LogP contribution < -0.4 is 0 Å². The number of aliphatic hydroxyl groups is 1. The number of carbonyl (C=O) groups excluding carboxylic acids is 2. The van der Waals surface area contributed by atoms with E-state index in [0.29, 0.717) is 48.1 Å². The largest absolute Gasteiger partial charge is 0.392 e. The SMILES string of the molecule is C[C@]12CCC(=O)C[C@@H]1C(=CCO)C[C@@H]1[C@@H]2CC[C@]2(C)C(=O)CC[C@@H]12. The second-order valence-electron chi connectivity index (χ2n) is 9.26. The predicted octanol–water partition coefficient (Wildman–Crippen LogP) is 3.70. The van der Waals surface area contributed by atoms with Crippen LogP contribution in [0.2, 0.25) is 0 Å². The summed E-state index contributed by atoms with van der Waals surface area (Å²) in [5.41, 5.74) is 1.36. The maximum Gasteiger partial charge on any atom is 0.139 e. The molecule has 132 valence electrons. The van der Waals surface area contributed by atoms with E-state index in [2.05, 4.69) is 13.8 Å². The molecule has 4 fully saturated rings. The van der Waals surface area contributed by atoms with Crippen molar-refractivity contribution in [2.75, 3.05) is 6.61 Å². The van der Waals surface area contributed by atoms with Crippen LogP contribution in [0.15, 0.2) is 11.6 Å². The molecule has 0 bridgehead atoms. The summed E-state index contributed by atoms with van der Waals surface area (Å²) in [6.07, 6.45) is 9.29. The van der Waals surface area contributed by atoms with E-state index < -0.39 is 0 Å². The first-order valence-electron chi connectivity index (χ1n) is 9.75. The molecule has 0 saturated heterocycles. The number of aliphatic hydroxyl groups excluding tert-OH is 1. The molecule has 3 nitrogen and oxygen atoms in total. The first-order chi connectivity index (χ1) is 11.4. The summed E-state index contributed by atoms with van der Waals surface area (Å²) >= 11 is 0. The Bertz CT molecular complexity index is 606. The lowest BCUT2D eigenvalue weighted by Crippen LogP contribution is -2.54. The fraction of sp³-hybridized carbons (Fsp3) is 0.810. The molecular formula is C21H30O3. The number of hydrogen-bond donors (Lipinski definition) is 1. The minimum atomic E-state index is -0.112. The van der Waals surface area contributed by atoms with Gasteiger partial charge in [-0.2, -0.15) is 0 Å². The van der Waals surface area contributed by atoms with Crippen molar-refractivity contribution in [3.05, 3.63) is 11.6 Å². The Kier molecular flexibility index (Phi) is 3.80. The molecule has 4 saturated carbocycles. The van der Waals surface area contributed by atoms with Gasteiger partial charge in [-0.25, -0.2) is 0 Å². The summed E-state index contributed by atoms with van der Waals surface area (Å²) in [7, 11) is 0. The molecule has 0 aromatic rings. The summed E-state index contributed by atoms with van der Waals surface area (Å²) in [5.74, 6) is 2.87. The molecule has 0 unspecified atom stereocenters. The Labute approximate surface area is 144 Å². The molecule has 0 amide bonds. The van der Waals surface area contributed by atoms with Crippen LogP contribution in [0, 0.1) is 34.5 Å². The zero-order valence-corrected chi connectivity index (χ0v) is 15.0. The van der Waals surface area contributed by atoms with E-state index >= 15 is 0 Å². The van der Waals surface area contributed by atoms with E-state index in [1.165, 1.54) is 5.57 Å². The van der Waals surface area contributed by atoms with Crippen LogP contribution in [0.1, 0.15) is 65.2 Å². The van der Waals surface area contributed by atoms with Gasteiger partial charge in [-0.1, -0.05) is 25.5 Å². The van der Waals surface area contributed by atoms with Gasteiger partial charge < -0.3 is 5.11 Å². The van der Waals surface area contributed by atoms with Crippen LogP contribution >= 0.6 is 0 Å². The Balaban J connectivity index is 1.74. The highest BCUT2D eigenvalue weighted by Crippen LogP contribution is 2.66. The molecule has 1 N–H and O–H groups in total. The van der Waals surface area contributed by atoms with Crippen LogP contribution in [-0.2, 0) is 9.59 Å². The summed E-state index contributed by atoms with van der Waals surface area (Å²) in [6, 6.07) is 0. The molecule has 3 heteroatoms. The van der Waals surface area contributed by atoms with Crippen molar-refractivity contribution in [3.63, 3.8) is 0 Å². The maximum atomic E-state index is 12.5. The van der Waals surface area contributed by atoms with E-state index in [9.17, 15) is 14.7 Å². The number of allylic oxidation sites excluding steroid dienone is 1. The molecule has 0 spiro atoms. The molecule has 4 rings (SSSR count). The van der Waals surface area contributed by atoms with Gasteiger partial charge >= 0.3 is 0 Å². The summed E-state index contributed by atoms with van der Waals surface area (Å²) in [5, 5.41) is 9.52. The third kappa shape index (κ3) is 2.13. The lowest BCUT2D eigenvalue weighted by atomic mass is 9.44. The van der Waals surface area contributed by atoms with Gasteiger partial charge in [-0.05, 0) is 61.2 Å². The van der Waals surface area contributed by atoms with Crippen molar-refractivity contribution in [2.24, 2.45) is 34.5 Å². The van der Waals surface area contributed by atoms with Gasteiger partial charge in [0.2, 0.25) is 0 Å². The molecule has 0 aromatic heterocycles. The Hall–Kier alpha value is -0.960. The van der Waals surface area contributed by atoms with Gasteiger partial charge in [0.1, 0.15) is 11.6 Å².